The second-order valence-corrected chi connectivity index (χ2v) is 3.85. The number of hydrogen-bond donors (Lipinski definition) is 0. The molecular formula is C8H5Cl2F13Mg. The summed E-state index contributed by atoms with van der Waals surface area (Å²) < 4.78 is 161. The van der Waals surface area contributed by atoms with E-state index in [0.29, 0.717) is 0 Å². The van der Waals surface area contributed by atoms with Gasteiger partial charge in [-0.25, -0.2) is 0 Å². The molecule has 144 valence electrons. The average molecular weight is 443 g/mol. The Morgan fingerprint density at radius 2 is 0.750 bits per heavy atom. The maximum Gasteiger partial charge on any atom is 2.00 e. The summed E-state index contributed by atoms with van der Waals surface area (Å²) in [6, 6.07) is 0. The van der Waals surface area contributed by atoms with Crippen molar-refractivity contribution < 1.29 is 81.9 Å². The van der Waals surface area contributed by atoms with Gasteiger partial charge in [0.15, 0.2) is 0 Å². The average Bonchev–Trinajstić information content (AvgIpc) is 2.26. The summed E-state index contributed by atoms with van der Waals surface area (Å²) in [6.07, 6.45) is -9.57. The zero-order chi connectivity index (χ0) is 17.7. The van der Waals surface area contributed by atoms with Crippen molar-refractivity contribution in [2.75, 3.05) is 0 Å². The van der Waals surface area contributed by atoms with Gasteiger partial charge in [0.2, 0.25) is 0 Å². The van der Waals surface area contributed by atoms with Crippen molar-refractivity contribution in [3.05, 3.63) is 0 Å². The molecular weight excluding hydrogens is 438 g/mol. The smallest absolute Gasteiger partial charge is 1.00 e. The number of rotatable bonds is 5. The van der Waals surface area contributed by atoms with Crippen molar-refractivity contribution in [1.29, 1.82) is 0 Å². The summed E-state index contributed by atoms with van der Waals surface area (Å²) in [5, 5.41) is 0. The van der Waals surface area contributed by atoms with Gasteiger partial charge in [0, 0.05) is 6.42 Å². The molecule has 0 amide bonds. The molecule has 0 aliphatic rings. The van der Waals surface area contributed by atoms with Crippen molar-refractivity contribution in [2.24, 2.45) is 0 Å². The molecule has 0 aliphatic carbocycles. The van der Waals surface area contributed by atoms with Gasteiger partial charge in [0.1, 0.15) is 0 Å². The Hall–Kier alpha value is 0.436. The van der Waals surface area contributed by atoms with E-state index in [0.717, 1.165) is 0 Å². The van der Waals surface area contributed by atoms with Crippen molar-refractivity contribution in [1.82, 2.24) is 0 Å². The van der Waals surface area contributed by atoms with Crippen LogP contribution in [0.5, 0.6) is 0 Å². The first-order valence-electron chi connectivity index (χ1n) is 4.77. The van der Waals surface area contributed by atoms with Crippen LogP contribution in [-0.2, 0) is 0 Å². The van der Waals surface area contributed by atoms with E-state index >= 15 is 0 Å². The van der Waals surface area contributed by atoms with E-state index in [1.165, 1.54) is 0 Å². The van der Waals surface area contributed by atoms with Crippen LogP contribution in [0.15, 0.2) is 0 Å². The molecule has 0 fully saturated rings. The number of hydrogen-bond acceptors (Lipinski definition) is 0. The molecule has 0 nitrogen and oxygen atoms in total. The van der Waals surface area contributed by atoms with Crippen LogP contribution in [0, 0.1) is 0 Å². The quantitative estimate of drug-likeness (QED) is 0.369. The van der Waals surface area contributed by atoms with Gasteiger partial charge >= 0.3 is 58.8 Å². The van der Waals surface area contributed by atoms with Gasteiger partial charge in [0.25, 0.3) is 0 Å². The second-order valence-electron chi connectivity index (χ2n) is 3.85. The summed E-state index contributed by atoms with van der Waals surface area (Å²) in [5.74, 6) is -36.2. The molecule has 0 aromatic rings. The molecule has 0 spiro atoms. The Balaban J connectivity index is -0.000000667. The van der Waals surface area contributed by atoms with Crippen molar-refractivity contribution >= 4 is 23.1 Å². The van der Waals surface area contributed by atoms with E-state index in [1.807, 2.05) is 0 Å². The SMILES string of the molecule is CCC(F)(F)C(F)(F)C(F)(F)C(F)(F)C(F)(F)C(F)(F)F.[Cl-].[Cl-].[Mg+2]. The van der Waals surface area contributed by atoms with Gasteiger partial charge < -0.3 is 24.8 Å². The summed E-state index contributed by atoms with van der Waals surface area (Å²) in [5.41, 5.74) is 0. The van der Waals surface area contributed by atoms with E-state index in [-0.39, 0.29) is 54.8 Å². The molecule has 0 heterocycles. The minimum Gasteiger partial charge on any atom is -1.00 e. The molecule has 16 heteroatoms. The monoisotopic (exact) mass is 442 g/mol. The summed E-state index contributed by atoms with van der Waals surface area (Å²) >= 11 is 0. The maximum atomic E-state index is 12.7. The van der Waals surface area contributed by atoms with Gasteiger partial charge in [-0.05, 0) is 0 Å². The molecule has 0 N–H and O–H groups in total. The van der Waals surface area contributed by atoms with E-state index in [4.69, 9.17) is 0 Å². The molecule has 0 unspecified atom stereocenters. The summed E-state index contributed by atoms with van der Waals surface area (Å²) in [6.45, 7) is 0.115. The molecule has 0 aromatic heterocycles. The largest absolute Gasteiger partial charge is 2.00 e. The van der Waals surface area contributed by atoms with E-state index in [1.54, 1.807) is 0 Å². The Kier molecular flexibility index (Phi) is 11.3. The number of alkyl halides is 13. The zero-order valence-electron chi connectivity index (χ0n) is 11.1. The van der Waals surface area contributed by atoms with Gasteiger partial charge in [-0.2, -0.15) is 57.1 Å². The van der Waals surface area contributed by atoms with Crippen LogP contribution in [0.3, 0.4) is 0 Å². The Bertz CT molecular complexity index is 392. The first-order chi connectivity index (χ1) is 8.81. The van der Waals surface area contributed by atoms with Crippen LogP contribution < -0.4 is 24.8 Å². The van der Waals surface area contributed by atoms with Crippen molar-refractivity contribution in [3.8, 4) is 0 Å². The zero-order valence-corrected chi connectivity index (χ0v) is 14.0. The summed E-state index contributed by atoms with van der Waals surface area (Å²) in [4.78, 5) is 0. The summed E-state index contributed by atoms with van der Waals surface area (Å²) in [7, 11) is 0. The second kappa shape index (κ2) is 8.42. The molecule has 0 aromatic carbocycles. The fraction of sp³-hybridized carbons (Fsp3) is 1.00. The fourth-order valence-corrected chi connectivity index (χ4v) is 1.02. The molecule has 24 heavy (non-hydrogen) atoms. The first-order valence-corrected chi connectivity index (χ1v) is 4.77. The standard InChI is InChI=1S/C8H5F13.2ClH.Mg/c1-2-3(9,10)4(11,12)5(13,14)6(15,16)7(17,18)8(19,20)21;;;/h2H2,1H3;2*1H;/q;;;+2/p-2. The molecule has 0 saturated carbocycles. The first kappa shape index (κ1) is 32.1. The van der Waals surface area contributed by atoms with Gasteiger partial charge in [-0.15, -0.1) is 0 Å². The van der Waals surface area contributed by atoms with Gasteiger partial charge in [-0.1, -0.05) is 6.92 Å². The third-order valence-corrected chi connectivity index (χ3v) is 2.44. The maximum absolute atomic E-state index is 12.7. The fourth-order valence-electron chi connectivity index (χ4n) is 1.02. The van der Waals surface area contributed by atoms with Gasteiger partial charge in [-0.3, -0.25) is 0 Å². The number of halogens is 15. The molecule has 0 radical (unpaired) electrons. The van der Waals surface area contributed by atoms with Crippen LogP contribution in [0.25, 0.3) is 0 Å². The van der Waals surface area contributed by atoms with E-state index in [9.17, 15) is 57.1 Å². The molecule has 0 saturated heterocycles. The Labute approximate surface area is 154 Å². The third-order valence-electron chi connectivity index (χ3n) is 2.44. The minimum atomic E-state index is -7.81. The van der Waals surface area contributed by atoms with Crippen LogP contribution in [0.1, 0.15) is 13.3 Å². The van der Waals surface area contributed by atoms with E-state index in [2.05, 4.69) is 0 Å². The normalized spacial score (nSPS) is 14.2. The van der Waals surface area contributed by atoms with Crippen molar-refractivity contribution in [2.45, 2.75) is 49.1 Å². The van der Waals surface area contributed by atoms with E-state index < -0.39 is 42.2 Å². The predicted molar refractivity (Wildman–Crippen MR) is 46.8 cm³/mol. The van der Waals surface area contributed by atoms with Crippen LogP contribution in [0.2, 0.25) is 0 Å². The third kappa shape index (κ3) is 4.39. The Morgan fingerprint density at radius 3 is 0.958 bits per heavy atom. The Morgan fingerprint density at radius 1 is 0.500 bits per heavy atom. The topological polar surface area (TPSA) is 0 Å². The predicted octanol–water partition coefficient (Wildman–Crippen LogP) is -1.24. The molecule has 0 aliphatic heterocycles. The molecule has 0 atom stereocenters. The van der Waals surface area contributed by atoms with Crippen LogP contribution >= 0.6 is 0 Å². The van der Waals surface area contributed by atoms with Crippen LogP contribution in [0.4, 0.5) is 57.1 Å². The minimum absolute atomic E-state index is 0. The van der Waals surface area contributed by atoms with Gasteiger partial charge in [0.05, 0.1) is 0 Å². The van der Waals surface area contributed by atoms with Crippen molar-refractivity contribution in [3.63, 3.8) is 0 Å². The molecule has 0 bridgehead atoms. The molecule has 0 rings (SSSR count). The van der Waals surface area contributed by atoms with Crippen LogP contribution in [-0.4, -0.2) is 58.8 Å².